The summed E-state index contributed by atoms with van der Waals surface area (Å²) in [4.78, 5) is 21.5. The van der Waals surface area contributed by atoms with Gasteiger partial charge in [0.25, 0.3) is 5.91 Å². The maximum Gasteiger partial charge on any atom is 0.433 e. The maximum absolute atomic E-state index is 13.9. The highest BCUT2D eigenvalue weighted by molar-refractivity contribution is 6.30. The first kappa shape index (κ1) is 25.4. The zero-order chi connectivity index (χ0) is 27.0. The molecular weight excluding hydrogens is 519 g/mol. The van der Waals surface area contributed by atoms with Crippen LogP contribution in [0.25, 0.3) is 16.9 Å². The van der Waals surface area contributed by atoms with Crippen LogP contribution in [-0.4, -0.2) is 35.3 Å². The van der Waals surface area contributed by atoms with Crippen molar-refractivity contribution < 1.29 is 18.0 Å². The van der Waals surface area contributed by atoms with Crippen molar-refractivity contribution >= 4 is 29.1 Å². The molecule has 0 aliphatic carbocycles. The van der Waals surface area contributed by atoms with E-state index in [9.17, 15) is 18.0 Å². The van der Waals surface area contributed by atoms with Gasteiger partial charge in [-0.3, -0.25) is 10.1 Å². The third-order valence-corrected chi connectivity index (χ3v) is 6.11. The molecule has 0 aliphatic heterocycles. The first-order valence-electron chi connectivity index (χ1n) is 11.6. The van der Waals surface area contributed by atoms with Crippen molar-refractivity contribution in [3.05, 3.63) is 94.5 Å². The Morgan fingerprint density at radius 1 is 1.11 bits per heavy atom. The zero-order valence-electron chi connectivity index (χ0n) is 20.2. The summed E-state index contributed by atoms with van der Waals surface area (Å²) in [7, 11) is 0. The van der Waals surface area contributed by atoms with Gasteiger partial charge < -0.3 is 0 Å². The molecular formula is C26H21ClF3N7O. The van der Waals surface area contributed by atoms with Crippen LogP contribution in [0.2, 0.25) is 5.02 Å². The molecule has 38 heavy (non-hydrogen) atoms. The number of hydrogen-bond acceptors (Lipinski definition) is 5. The molecule has 194 valence electrons. The second-order valence-electron chi connectivity index (χ2n) is 8.94. The predicted octanol–water partition coefficient (Wildman–Crippen LogP) is 6.08. The smallest absolute Gasteiger partial charge is 0.289 e. The maximum atomic E-state index is 13.9. The molecule has 3 aromatic heterocycles. The summed E-state index contributed by atoms with van der Waals surface area (Å²) >= 11 is 6.01. The standard InChI is InChI=1S/C26H21ClF3N7O/c1-15(2)17-6-8-18(9-7-17)21-11-22(26(28,29)30)37-23(33-21)20(12-32-37)24(38)34-25-31-14-36(35-25)13-16-4-3-5-19(27)10-16/h3-12,14-15H,13H2,1-2H3,(H,34,35,38). The van der Waals surface area contributed by atoms with Crippen LogP contribution in [-0.2, 0) is 12.7 Å². The highest BCUT2D eigenvalue weighted by Crippen LogP contribution is 2.33. The van der Waals surface area contributed by atoms with Crippen LogP contribution in [0.3, 0.4) is 0 Å². The van der Waals surface area contributed by atoms with Crippen LogP contribution in [0.15, 0.2) is 67.1 Å². The molecule has 0 atom stereocenters. The van der Waals surface area contributed by atoms with E-state index in [-0.39, 0.29) is 28.8 Å². The van der Waals surface area contributed by atoms with Crippen molar-refractivity contribution in [2.45, 2.75) is 32.5 Å². The number of amides is 1. The summed E-state index contributed by atoms with van der Waals surface area (Å²) in [5.74, 6) is -0.501. The number of rotatable bonds is 6. The predicted molar refractivity (Wildman–Crippen MR) is 136 cm³/mol. The number of aromatic nitrogens is 6. The second kappa shape index (κ2) is 9.90. The van der Waals surface area contributed by atoms with Gasteiger partial charge in [0, 0.05) is 10.6 Å². The number of anilines is 1. The number of halogens is 4. The molecule has 0 aliphatic rings. The summed E-state index contributed by atoms with van der Waals surface area (Å²) in [6.07, 6.45) is -2.26. The van der Waals surface area contributed by atoms with Crippen LogP contribution in [0.4, 0.5) is 19.1 Å². The van der Waals surface area contributed by atoms with E-state index in [1.807, 2.05) is 32.0 Å². The van der Waals surface area contributed by atoms with E-state index in [0.717, 1.165) is 23.4 Å². The van der Waals surface area contributed by atoms with Gasteiger partial charge in [0.2, 0.25) is 5.95 Å². The van der Waals surface area contributed by atoms with Crippen LogP contribution < -0.4 is 5.32 Å². The minimum absolute atomic E-state index is 0.0205. The number of carbonyl (C=O) groups excluding carboxylic acids is 1. The van der Waals surface area contributed by atoms with Gasteiger partial charge >= 0.3 is 6.18 Å². The molecule has 0 spiro atoms. The third-order valence-electron chi connectivity index (χ3n) is 5.88. The first-order chi connectivity index (χ1) is 18.1. The Balaban J connectivity index is 1.46. The van der Waals surface area contributed by atoms with Gasteiger partial charge in [0.05, 0.1) is 18.4 Å². The van der Waals surface area contributed by atoms with E-state index < -0.39 is 17.8 Å². The minimum atomic E-state index is -4.73. The van der Waals surface area contributed by atoms with Gasteiger partial charge in [0.1, 0.15) is 11.9 Å². The topological polar surface area (TPSA) is 90.0 Å². The Morgan fingerprint density at radius 3 is 2.55 bits per heavy atom. The fourth-order valence-corrected chi connectivity index (χ4v) is 4.14. The molecule has 0 saturated heterocycles. The Hall–Kier alpha value is -4.25. The lowest BCUT2D eigenvalue weighted by atomic mass is 10.0. The normalized spacial score (nSPS) is 11.9. The highest BCUT2D eigenvalue weighted by atomic mass is 35.5. The molecule has 5 aromatic rings. The zero-order valence-corrected chi connectivity index (χ0v) is 21.0. The average molecular weight is 540 g/mol. The number of hydrogen-bond donors (Lipinski definition) is 1. The average Bonchev–Trinajstić information content (AvgIpc) is 3.49. The molecule has 1 amide bonds. The second-order valence-corrected chi connectivity index (χ2v) is 9.38. The van der Waals surface area contributed by atoms with Crippen molar-refractivity contribution in [2.24, 2.45) is 0 Å². The largest absolute Gasteiger partial charge is 0.433 e. The summed E-state index contributed by atoms with van der Waals surface area (Å²) in [6.45, 7) is 4.40. The number of benzene rings is 2. The van der Waals surface area contributed by atoms with Crippen LogP contribution in [0, 0.1) is 0 Å². The van der Waals surface area contributed by atoms with Crippen LogP contribution in [0.1, 0.15) is 46.9 Å². The molecule has 0 fully saturated rings. The number of fused-ring (bicyclic) bond motifs is 1. The van der Waals surface area contributed by atoms with E-state index in [1.54, 1.807) is 30.3 Å². The summed E-state index contributed by atoms with van der Waals surface area (Å²) in [5.41, 5.74) is 1.03. The van der Waals surface area contributed by atoms with Crippen molar-refractivity contribution in [3.8, 4) is 11.3 Å². The summed E-state index contributed by atoms with van der Waals surface area (Å²) in [6, 6.07) is 15.2. The van der Waals surface area contributed by atoms with Crippen molar-refractivity contribution in [1.29, 1.82) is 0 Å². The van der Waals surface area contributed by atoms with Gasteiger partial charge in [-0.25, -0.2) is 19.2 Å². The number of nitrogens with one attached hydrogen (secondary N) is 1. The lowest BCUT2D eigenvalue weighted by Crippen LogP contribution is -2.16. The first-order valence-corrected chi connectivity index (χ1v) is 12.0. The molecule has 2 aromatic carbocycles. The summed E-state index contributed by atoms with van der Waals surface area (Å²) < 4.78 is 43.9. The number of carbonyl (C=O) groups is 1. The number of nitrogens with zero attached hydrogens (tertiary/aromatic N) is 6. The van der Waals surface area contributed by atoms with Gasteiger partial charge in [-0.1, -0.05) is 61.8 Å². The quantitative estimate of drug-likeness (QED) is 0.282. The molecule has 12 heteroatoms. The van der Waals surface area contributed by atoms with E-state index in [2.05, 4.69) is 25.5 Å². The number of alkyl halides is 3. The van der Waals surface area contributed by atoms with E-state index in [1.165, 1.54) is 11.0 Å². The van der Waals surface area contributed by atoms with E-state index in [0.29, 0.717) is 21.6 Å². The van der Waals surface area contributed by atoms with Gasteiger partial charge in [-0.15, -0.1) is 5.10 Å². The lowest BCUT2D eigenvalue weighted by Gasteiger charge is -2.12. The third kappa shape index (κ3) is 5.23. The van der Waals surface area contributed by atoms with Gasteiger partial charge in [-0.05, 0) is 35.2 Å². The lowest BCUT2D eigenvalue weighted by molar-refractivity contribution is -0.142. The minimum Gasteiger partial charge on any atom is -0.289 e. The highest BCUT2D eigenvalue weighted by Gasteiger charge is 2.36. The van der Waals surface area contributed by atoms with Crippen molar-refractivity contribution in [2.75, 3.05) is 5.32 Å². The van der Waals surface area contributed by atoms with E-state index >= 15 is 0 Å². The van der Waals surface area contributed by atoms with Crippen LogP contribution in [0.5, 0.6) is 0 Å². The van der Waals surface area contributed by atoms with Crippen molar-refractivity contribution in [3.63, 3.8) is 0 Å². The van der Waals surface area contributed by atoms with Gasteiger partial charge in [-0.2, -0.15) is 18.3 Å². The van der Waals surface area contributed by atoms with Gasteiger partial charge in [0.15, 0.2) is 11.3 Å². The molecule has 0 saturated carbocycles. The molecule has 0 radical (unpaired) electrons. The molecule has 1 N–H and O–H groups in total. The van der Waals surface area contributed by atoms with E-state index in [4.69, 9.17) is 11.6 Å². The monoisotopic (exact) mass is 539 g/mol. The Bertz CT molecular complexity index is 1620. The molecule has 8 nitrogen and oxygen atoms in total. The molecule has 3 heterocycles. The summed E-state index contributed by atoms with van der Waals surface area (Å²) in [5, 5.41) is 11.1. The Morgan fingerprint density at radius 2 is 1.87 bits per heavy atom. The Kier molecular flexibility index (Phi) is 6.62. The fraction of sp³-hybridized carbons (Fsp3) is 0.192. The molecule has 0 unspecified atom stereocenters. The molecule has 0 bridgehead atoms. The molecule has 5 rings (SSSR count). The van der Waals surface area contributed by atoms with Crippen molar-refractivity contribution in [1.82, 2.24) is 29.4 Å². The SMILES string of the molecule is CC(C)c1ccc(-c2cc(C(F)(F)F)n3ncc(C(=O)Nc4ncn(Cc5cccc(Cl)c5)n4)c3n2)cc1. The Labute approximate surface area is 220 Å². The fourth-order valence-electron chi connectivity index (χ4n) is 3.93. The van der Waals surface area contributed by atoms with Crippen LogP contribution >= 0.6 is 11.6 Å².